The third-order valence-corrected chi connectivity index (χ3v) is 15.4. The van der Waals surface area contributed by atoms with Crippen LogP contribution in [0.2, 0.25) is 0 Å². The van der Waals surface area contributed by atoms with Crippen molar-refractivity contribution in [3.63, 3.8) is 0 Å². The minimum Gasteiger partial charge on any atom is -0.508 e. The molecule has 3 aliphatic heterocycles. The zero-order chi connectivity index (χ0) is 57.4. The number of rotatable bonds is 18. The van der Waals surface area contributed by atoms with Crippen molar-refractivity contribution in [3.05, 3.63) is 77.4 Å². The first kappa shape index (κ1) is 66.1. The average Bonchev–Trinajstić information content (AvgIpc) is 3.40. The number of phenolic OH excluding ortho intramolecular Hbond substituents is 1. The molecule has 4 rings (SSSR count). The number of amides is 4. The Morgan fingerprint density at radius 2 is 1.61 bits per heavy atom. The molecule has 1 aromatic carbocycles. The molecule has 17 heteroatoms. The van der Waals surface area contributed by atoms with Crippen LogP contribution in [0.3, 0.4) is 0 Å². The van der Waals surface area contributed by atoms with Gasteiger partial charge in [-0.2, -0.15) is 0 Å². The van der Waals surface area contributed by atoms with Crippen LogP contribution in [0.15, 0.2) is 71.9 Å². The lowest BCUT2D eigenvalue weighted by molar-refractivity contribution is -0.156. The summed E-state index contributed by atoms with van der Waals surface area (Å²) in [7, 11) is 1.00. The number of benzene rings is 1. The number of allylic oxidation sites excluding steroid dienone is 4. The van der Waals surface area contributed by atoms with Gasteiger partial charge in [0, 0.05) is 44.9 Å². The summed E-state index contributed by atoms with van der Waals surface area (Å²) in [6.45, 7) is 17.1. The Morgan fingerprint density at radius 3 is 2.27 bits per heavy atom. The Balaban J connectivity index is 0.00000771. The molecule has 9 N–H and O–H groups in total. The highest BCUT2D eigenvalue weighted by atomic mass is 16.5. The van der Waals surface area contributed by atoms with Crippen LogP contribution >= 0.6 is 0 Å². The molecule has 432 valence electrons. The number of hydrogen-bond acceptors (Lipinski definition) is 13. The summed E-state index contributed by atoms with van der Waals surface area (Å²) in [5.41, 5.74) is 5.52. The van der Waals surface area contributed by atoms with Crippen molar-refractivity contribution in [3.8, 4) is 5.75 Å². The number of hydrogen-bond donors (Lipinski definition) is 9. The number of aliphatic hydroxyl groups is 4. The Hall–Kier alpha value is -5.20. The van der Waals surface area contributed by atoms with Gasteiger partial charge in [0.05, 0.1) is 24.2 Å². The highest BCUT2D eigenvalue weighted by Crippen LogP contribution is 2.27. The van der Waals surface area contributed by atoms with Crippen molar-refractivity contribution >= 4 is 35.4 Å². The third-order valence-electron chi connectivity index (χ3n) is 15.4. The van der Waals surface area contributed by atoms with Crippen molar-refractivity contribution in [1.29, 1.82) is 0 Å². The van der Waals surface area contributed by atoms with Crippen molar-refractivity contribution in [2.24, 2.45) is 35.5 Å². The van der Waals surface area contributed by atoms with Crippen LogP contribution in [-0.4, -0.2) is 128 Å². The van der Waals surface area contributed by atoms with E-state index in [0.717, 1.165) is 44.8 Å². The molecule has 3 heterocycles. The van der Waals surface area contributed by atoms with Gasteiger partial charge in [-0.25, -0.2) is 5.43 Å². The van der Waals surface area contributed by atoms with Crippen molar-refractivity contribution in [2.45, 2.75) is 207 Å². The van der Waals surface area contributed by atoms with E-state index in [2.05, 4.69) is 55.1 Å². The van der Waals surface area contributed by atoms with Crippen LogP contribution in [0.1, 0.15) is 158 Å². The number of ether oxygens (including phenoxy) is 1. The fraction of sp³-hybridized carbons (Fsp3) is 0.667. The minimum absolute atomic E-state index is 0.0259. The number of phenols is 1. The van der Waals surface area contributed by atoms with E-state index in [4.69, 9.17) is 9.84 Å². The quantitative estimate of drug-likeness (QED) is 0.0427. The number of nitrogens with one attached hydrogen (secondary N) is 4. The van der Waals surface area contributed by atoms with Gasteiger partial charge in [-0.1, -0.05) is 95.7 Å². The molecular formula is C60H95N5O12. The summed E-state index contributed by atoms with van der Waals surface area (Å²) < 4.78 is 6.19. The van der Waals surface area contributed by atoms with Crippen molar-refractivity contribution < 1.29 is 59.0 Å². The van der Waals surface area contributed by atoms with Gasteiger partial charge in [-0.3, -0.25) is 29.0 Å². The number of cyclic esters (lactones) is 1. The van der Waals surface area contributed by atoms with E-state index in [-0.39, 0.29) is 79.9 Å². The van der Waals surface area contributed by atoms with Gasteiger partial charge >= 0.3 is 5.97 Å². The third kappa shape index (κ3) is 22.2. The van der Waals surface area contributed by atoms with Crippen LogP contribution in [0.25, 0.3) is 0 Å². The highest BCUT2D eigenvalue weighted by molar-refractivity contribution is 5.93. The normalized spacial score (nSPS) is 28.6. The summed E-state index contributed by atoms with van der Waals surface area (Å²) in [5, 5.41) is 61.2. The number of nitrogens with zero attached hydrogens (tertiary/aromatic N) is 1. The van der Waals surface area contributed by atoms with Gasteiger partial charge in [-0.05, 0) is 145 Å². The zero-order valence-electron chi connectivity index (χ0n) is 47.7. The van der Waals surface area contributed by atoms with E-state index in [9.17, 15) is 49.2 Å². The van der Waals surface area contributed by atoms with Gasteiger partial charge in [0.2, 0.25) is 17.7 Å². The van der Waals surface area contributed by atoms with Crippen LogP contribution in [0, 0.1) is 35.5 Å². The average molecular weight is 1080 g/mol. The largest absolute Gasteiger partial charge is 0.508 e. The molecule has 0 spiro atoms. The van der Waals surface area contributed by atoms with Gasteiger partial charge in [0.1, 0.15) is 35.8 Å². The Labute approximate surface area is 458 Å². The molecule has 0 aliphatic carbocycles. The molecule has 4 amide bonds. The van der Waals surface area contributed by atoms with Crippen molar-refractivity contribution in [1.82, 2.24) is 26.4 Å². The summed E-state index contributed by atoms with van der Waals surface area (Å²) in [5.74, 6) is -4.04. The number of ketones is 1. The molecule has 77 heavy (non-hydrogen) atoms. The predicted molar refractivity (Wildman–Crippen MR) is 298 cm³/mol. The van der Waals surface area contributed by atoms with E-state index in [1.807, 2.05) is 25.2 Å². The predicted octanol–water partition coefficient (Wildman–Crippen LogP) is 6.61. The lowest BCUT2D eigenvalue weighted by atomic mass is 9.84. The molecule has 0 saturated carbocycles. The smallest absolute Gasteiger partial charge is 0.325 e. The maximum Gasteiger partial charge on any atom is 0.325 e. The number of aromatic hydroxyl groups is 1. The molecular weight excluding hydrogens is 983 g/mol. The molecule has 13 atom stereocenters. The number of aliphatic hydroxyl groups excluding tert-OH is 4. The number of Topliss-reactive ketones (excluding diaryl/α,β-unsaturated/α-hetero) is 1. The standard InChI is InChI=1S/C59H91N5O11.CH4O/c1-10-44-27-30-48(60-55(44)70)41(8)33-37(4)24-31-51(68)38(5)17-12-11-13-18-39(6)52-23-15-20-45(66)28-25-40(7)54(69)47(29-26-42(9)65)56(71)62-53(36(2)3)57(72)61-50(35-43-19-14-21-46(67)34-43)58(73)64-32-16-22-49(63-64)59(74)75-52;1-2/h11,13-15,18-21,33-34,36-38,40,44-45,47-54,63,66-69H,10,12,16-17,22-32,35H2,1-9H3,(H,60,70)(H,61,72)(H,62,71);2H,1H3/b13-11+,20-15+,39-18+,41-33-;/t37?,38?,40?,44?,45?,47?,48?,49?,50?,51?,52-,53?,54?;/m0./s1. The summed E-state index contributed by atoms with van der Waals surface area (Å²) in [6.07, 6.45) is 15.4. The molecule has 2 bridgehead atoms. The van der Waals surface area contributed by atoms with Gasteiger partial charge in [0.25, 0.3) is 5.91 Å². The van der Waals surface area contributed by atoms with Gasteiger partial charge in [-0.15, -0.1) is 0 Å². The fourth-order valence-electron chi connectivity index (χ4n) is 10.2. The fourth-order valence-corrected chi connectivity index (χ4v) is 10.2. The molecule has 3 aliphatic rings. The number of carbonyl (C=O) groups excluding carboxylic acids is 6. The number of fused-ring (bicyclic) bond motifs is 2. The topological polar surface area (TPSA) is 264 Å². The molecule has 1 aromatic rings. The van der Waals surface area contributed by atoms with Gasteiger partial charge in [0.15, 0.2) is 0 Å². The molecule has 2 saturated heterocycles. The Bertz CT molecular complexity index is 2180. The lowest BCUT2D eigenvalue weighted by Gasteiger charge is -2.36. The number of hydrazine groups is 1. The monoisotopic (exact) mass is 1080 g/mol. The maximum absolute atomic E-state index is 14.5. The minimum atomic E-state index is -1.22. The van der Waals surface area contributed by atoms with Crippen molar-refractivity contribution in [2.75, 3.05) is 13.7 Å². The SMILES string of the molecule is CCC1CCC(/C(C)=C\C(C)CCC(O)C(C)CC/C=C/C=C(\C)[C@@H]2C/C=C/C(O)CCC(C)C(O)C(CCC(C)=O)C(=O)NC(C(C)C)C(=O)NC(Cc3cccc(O)c3)C(=O)N3CCCC(N3)C(=O)O2)NC1=O.CO. The van der Waals surface area contributed by atoms with Gasteiger partial charge < -0.3 is 51.0 Å². The molecule has 2 fully saturated rings. The Kier molecular flexibility index (Phi) is 29.1. The second-order valence-corrected chi connectivity index (χ2v) is 22.2. The summed E-state index contributed by atoms with van der Waals surface area (Å²) in [6, 6.07) is 3.15. The van der Waals surface area contributed by atoms with E-state index >= 15 is 0 Å². The molecule has 0 aromatic heterocycles. The highest BCUT2D eigenvalue weighted by Gasteiger charge is 2.38. The summed E-state index contributed by atoms with van der Waals surface area (Å²) in [4.78, 5) is 81.4. The molecule has 17 nitrogen and oxygen atoms in total. The number of piperidine rings is 1. The maximum atomic E-state index is 14.5. The van der Waals surface area contributed by atoms with Crippen LogP contribution in [0.5, 0.6) is 5.75 Å². The van der Waals surface area contributed by atoms with Crippen LogP contribution in [0.4, 0.5) is 0 Å². The number of esters is 1. The summed E-state index contributed by atoms with van der Waals surface area (Å²) >= 11 is 0. The Morgan fingerprint density at radius 1 is 0.883 bits per heavy atom. The second-order valence-electron chi connectivity index (χ2n) is 22.2. The molecule has 12 unspecified atom stereocenters. The van der Waals surface area contributed by atoms with E-state index < -0.39 is 84.0 Å². The van der Waals surface area contributed by atoms with Crippen LogP contribution < -0.4 is 21.4 Å². The van der Waals surface area contributed by atoms with Crippen LogP contribution in [-0.2, 0) is 39.9 Å². The first-order valence-corrected chi connectivity index (χ1v) is 28.2. The van der Waals surface area contributed by atoms with E-state index in [0.29, 0.717) is 37.7 Å². The van der Waals surface area contributed by atoms with E-state index in [1.54, 1.807) is 45.1 Å². The first-order valence-electron chi connectivity index (χ1n) is 28.2. The first-order chi connectivity index (χ1) is 36.6. The van der Waals surface area contributed by atoms with E-state index in [1.165, 1.54) is 29.6 Å². The number of carbonyl (C=O) groups is 6. The lowest BCUT2D eigenvalue weighted by Crippen LogP contribution is -2.62. The molecule has 0 radical (unpaired) electrons. The second kappa shape index (κ2) is 33.9. The zero-order valence-corrected chi connectivity index (χ0v) is 47.7.